The van der Waals surface area contributed by atoms with Crippen LogP contribution in [0.15, 0.2) is 18.3 Å². The van der Waals surface area contributed by atoms with Gasteiger partial charge < -0.3 is 10.1 Å². The summed E-state index contributed by atoms with van der Waals surface area (Å²) in [5, 5.41) is 3.31. The normalized spacial score (nSPS) is 12.3. The third-order valence-electron chi connectivity index (χ3n) is 3.55. The molecule has 114 valence electrons. The van der Waals surface area contributed by atoms with Crippen LogP contribution in [-0.4, -0.2) is 18.1 Å². The van der Waals surface area contributed by atoms with E-state index >= 15 is 0 Å². The van der Waals surface area contributed by atoms with Gasteiger partial charge in [-0.15, -0.1) is 0 Å². The molecule has 0 radical (unpaired) electrons. The first-order valence-corrected chi connectivity index (χ1v) is 8.06. The summed E-state index contributed by atoms with van der Waals surface area (Å²) < 4.78 is 5.87. The van der Waals surface area contributed by atoms with Crippen LogP contribution in [-0.2, 0) is 11.3 Å². The zero-order valence-electron chi connectivity index (χ0n) is 13.3. The smallest absolute Gasteiger partial charge is 0.126 e. The number of rotatable bonds is 11. The molecule has 0 aromatic carbocycles. The highest BCUT2D eigenvalue weighted by Crippen LogP contribution is 2.14. The van der Waals surface area contributed by atoms with Crippen molar-refractivity contribution in [2.45, 2.75) is 59.5 Å². The molecule has 1 aromatic heterocycles. The lowest BCUT2D eigenvalue weighted by molar-refractivity contribution is 0.0820. The maximum Gasteiger partial charge on any atom is 0.126 e. The Hall–Kier alpha value is -1.09. The van der Waals surface area contributed by atoms with Gasteiger partial charge in [0.25, 0.3) is 0 Å². The Bertz CT molecular complexity index is 355. The Labute approximate surface area is 124 Å². The Morgan fingerprint density at radius 3 is 2.80 bits per heavy atom. The summed E-state index contributed by atoms with van der Waals surface area (Å²) in [4.78, 5) is 4.31. The standard InChI is InChI=1S/C17H30N2O/c1-4-7-8-15(6-3)13-20-14-16-9-11-19-17(12-16)18-10-5-2/h9,11-12,15H,4-8,10,13-14H2,1-3H3,(H,18,19). The number of ether oxygens (including phenoxy) is 1. The summed E-state index contributed by atoms with van der Waals surface area (Å²) in [6, 6.07) is 4.12. The van der Waals surface area contributed by atoms with Crippen molar-refractivity contribution in [2.24, 2.45) is 5.92 Å². The van der Waals surface area contributed by atoms with Gasteiger partial charge in [-0.05, 0) is 36.5 Å². The van der Waals surface area contributed by atoms with Crippen molar-refractivity contribution < 1.29 is 4.74 Å². The highest BCUT2D eigenvalue weighted by molar-refractivity contribution is 5.37. The van der Waals surface area contributed by atoms with Crippen LogP contribution in [0.3, 0.4) is 0 Å². The average molecular weight is 278 g/mol. The summed E-state index contributed by atoms with van der Waals surface area (Å²) in [5.74, 6) is 1.65. The number of hydrogen-bond donors (Lipinski definition) is 1. The summed E-state index contributed by atoms with van der Waals surface area (Å²) in [5.41, 5.74) is 1.20. The van der Waals surface area contributed by atoms with E-state index < -0.39 is 0 Å². The zero-order valence-corrected chi connectivity index (χ0v) is 13.3. The molecule has 0 amide bonds. The fourth-order valence-electron chi connectivity index (χ4n) is 2.16. The lowest BCUT2D eigenvalue weighted by Gasteiger charge is -2.15. The second kappa shape index (κ2) is 10.7. The molecule has 0 saturated heterocycles. The van der Waals surface area contributed by atoms with Crippen LogP contribution in [0, 0.1) is 5.92 Å². The van der Waals surface area contributed by atoms with Gasteiger partial charge in [-0.1, -0.05) is 40.0 Å². The third-order valence-corrected chi connectivity index (χ3v) is 3.55. The fraction of sp³-hybridized carbons (Fsp3) is 0.706. The molecule has 3 heteroatoms. The summed E-state index contributed by atoms with van der Waals surface area (Å²) in [6.07, 6.45) is 8.03. The van der Waals surface area contributed by atoms with Crippen molar-refractivity contribution in [3.8, 4) is 0 Å². The van der Waals surface area contributed by atoms with Crippen LogP contribution in [0.5, 0.6) is 0 Å². The number of pyridine rings is 1. The maximum atomic E-state index is 5.87. The van der Waals surface area contributed by atoms with E-state index in [0.717, 1.165) is 25.4 Å². The van der Waals surface area contributed by atoms with E-state index in [2.05, 4.69) is 37.1 Å². The lowest BCUT2D eigenvalue weighted by Crippen LogP contribution is -2.09. The minimum atomic E-state index is 0.686. The number of hydrogen-bond acceptors (Lipinski definition) is 3. The molecule has 0 spiro atoms. The van der Waals surface area contributed by atoms with Crippen LogP contribution < -0.4 is 5.32 Å². The van der Waals surface area contributed by atoms with Gasteiger partial charge in [0.15, 0.2) is 0 Å². The van der Waals surface area contributed by atoms with Gasteiger partial charge >= 0.3 is 0 Å². The van der Waals surface area contributed by atoms with Gasteiger partial charge in [-0.2, -0.15) is 0 Å². The first-order valence-electron chi connectivity index (χ1n) is 8.06. The minimum Gasteiger partial charge on any atom is -0.376 e. The minimum absolute atomic E-state index is 0.686. The van der Waals surface area contributed by atoms with Gasteiger partial charge in [0.1, 0.15) is 5.82 Å². The van der Waals surface area contributed by atoms with Gasteiger partial charge in [0.05, 0.1) is 6.61 Å². The number of nitrogens with one attached hydrogen (secondary N) is 1. The van der Waals surface area contributed by atoms with Crippen molar-refractivity contribution in [1.29, 1.82) is 0 Å². The van der Waals surface area contributed by atoms with Crippen LogP contribution >= 0.6 is 0 Å². The molecule has 0 bridgehead atoms. The Morgan fingerprint density at radius 1 is 1.25 bits per heavy atom. The van der Waals surface area contributed by atoms with Crippen LogP contribution in [0.25, 0.3) is 0 Å². The SMILES string of the molecule is CCCCC(CC)COCc1ccnc(NCCC)c1. The number of unbranched alkanes of at least 4 members (excludes halogenated alkanes) is 1. The quantitative estimate of drug-likeness (QED) is 0.640. The van der Waals surface area contributed by atoms with Crippen molar-refractivity contribution in [2.75, 3.05) is 18.5 Å². The maximum absolute atomic E-state index is 5.87. The fourth-order valence-corrected chi connectivity index (χ4v) is 2.16. The zero-order chi connectivity index (χ0) is 14.6. The van der Waals surface area contributed by atoms with E-state index in [1.165, 1.54) is 31.2 Å². The molecular weight excluding hydrogens is 248 g/mol. The summed E-state index contributed by atoms with van der Waals surface area (Å²) in [6.45, 7) is 9.17. The van der Waals surface area contributed by atoms with E-state index in [9.17, 15) is 0 Å². The topological polar surface area (TPSA) is 34.1 Å². The van der Waals surface area contributed by atoms with Crippen LogP contribution in [0.4, 0.5) is 5.82 Å². The van der Waals surface area contributed by atoms with E-state index in [0.29, 0.717) is 12.5 Å². The second-order valence-corrected chi connectivity index (χ2v) is 5.41. The highest BCUT2D eigenvalue weighted by atomic mass is 16.5. The molecule has 1 heterocycles. The van der Waals surface area contributed by atoms with Crippen molar-refractivity contribution in [1.82, 2.24) is 4.98 Å². The molecule has 0 fully saturated rings. The molecule has 1 atom stereocenters. The molecule has 0 aliphatic rings. The molecule has 20 heavy (non-hydrogen) atoms. The number of nitrogens with zero attached hydrogens (tertiary/aromatic N) is 1. The molecule has 0 aliphatic carbocycles. The van der Waals surface area contributed by atoms with Gasteiger partial charge in [0, 0.05) is 19.3 Å². The molecular formula is C17H30N2O. The van der Waals surface area contributed by atoms with Crippen LogP contribution in [0.1, 0.15) is 58.4 Å². The monoisotopic (exact) mass is 278 g/mol. The Kier molecular flexibility index (Phi) is 9.05. The van der Waals surface area contributed by atoms with E-state index in [1.807, 2.05) is 12.3 Å². The Morgan fingerprint density at radius 2 is 2.10 bits per heavy atom. The van der Waals surface area contributed by atoms with Crippen molar-refractivity contribution >= 4 is 5.82 Å². The Balaban J connectivity index is 2.33. The highest BCUT2D eigenvalue weighted by Gasteiger charge is 2.06. The first-order chi connectivity index (χ1) is 9.80. The molecule has 1 rings (SSSR count). The van der Waals surface area contributed by atoms with Crippen LogP contribution in [0.2, 0.25) is 0 Å². The molecule has 1 aromatic rings. The molecule has 0 saturated carbocycles. The lowest BCUT2D eigenvalue weighted by atomic mass is 10.0. The summed E-state index contributed by atoms with van der Waals surface area (Å²) in [7, 11) is 0. The van der Waals surface area contributed by atoms with E-state index in [-0.39, 0.29) is 0 Å². The predicted molar refractivity (Wildman–Crippen MR) is 86.0 cm³/mol. The number of anilines is 1. The molecule has 1 unspecified atom stereocenters. The van der Waals surface area contributed by atoms with Crippen molar-refractivity contribution in [3.05, 3.63) is 23.9 Å². The first kappa shape index (κ1) is 17.0. The van der Waals surface area contributed by atoms with E-state index in [1.54, 1.807) is 0 Å². The summed E-state index contributed by atoms with van der Waals surface area (Å²) >= 11 is 0. The molecule has 1 N–H and O–H groups in total. The van der Waals surface area contributed by atoms with E-state index in [4.69, 9.17) is 4.74 Å². The van der Waals surface area contributed by atoms with Gasteiger partial charge in [0.2, 0.25) is 0 Å². The van der Waals surface area contributed by atoms with Gasteiger partial charge in [-0.25, -0.2) is 4.98 Å². The average Bonchev–Trinajstić information content (AvgIpc) is 2.49. The van der Waals surface area contributed by atoms with Crippen molar-refractivity contribution in [3.63, 3.8) is 0 Å². The number of aromatic nitrogens is 1. The third kappa shape index (κ3) is 6.90. The molecule has 0 aliphatic heterocycles. The van der Waals surface area contributed by atoms with Gasteiger partial charge in [-0.3, -0.25) is 0 Å². The predicted octanol–water partition coefficient (Wildman–Crippen LogP) is 4.64. The second-order valence-electron chi connectivity index (χ2n) is 5.41. The largest absolute Gasteiger partial charge is 0.376 e. The molecule has 3 nitrogen and oxygen atoms in total.